The Labute approximate surface area is 138 Å². The third kappa shape index (κ3) is 3.71. The number of benzene rings is 1. The number of aromatic nitrogens is 3. The van der Waals surface area contributed by atoms with Crippen LogP contribution in [0.1, 0.15) is 18.3 Å². The highest BCUT2D eigenvalue weighted by atomic mass is 32.1. The van der Waals surface area contributed by atoms with Gasteiger partial charge in [-0.05, 0) is 6.42 Å². The van der Waals surface area contributed by atoms with Crippen molar-refractivity contribution in [2.45, 2.75) is 19.8 Å². The summed E-state index contributed by atoms with van der Waals surface area (Å²) in [6, 6.07) is 10.1. The minimum atomic E-state index is -0.363. The Morgan fingerprint density at radius 1 is 1.17 bits per heavy atom. The molecule has 0 amide bonds. The maximum absolute atomic E-state index is 14.0. The van der Waals surface area contributed by atoms with Gasteiger partial charge in [-0.15, -0.1) is 11.3 Å². The normalized spacial score (nSPS) is 10.7. The van der Waals surface area contributed by atoms with E-state index in [-0.39, 0.29) is 11.6 Å². The van der Waals surface area contributed by atoms with Crippen LogP contribution in [0.5, 0.6) is 0 Å². The van der Waals surface area contributed by atoms with Crippen LogP contribution in [-0.4, -0.2) is 21.5 Å². The van der Waals surface area contributed by atoms with Crippen LogP contribution in [0.25, 0.3) is 10.6 Å². The molecule has 0 unspecified atom stereocenters. The highest BCUT2D eigenvalue weighted by molar-refractivity contribution is 7.13. The quantitative estimate of drug-likeness (QED) is 0.744. The smallest absolute Gasteiger partial charge is 0.186 e. The first kappa shape index (κ1) is 15.6. The molecule has 2 heterocycles. The minimum Gasteiger partial charge on any atom is -0.367 e. The Kier molecular flexibility index (Phi) is 4.92. The van der Waals surface area contributed by atoms with Crippen LogP contribution in [0.2, 0.25) is 0 Å². The second-order valence-electron chi connectivity index (χ2n) is 5.02. The van der Waals surface area contributed by atoms with Gasteiger partial charge < -0.3 is 5.32 Å². The van der Waals surface area contributed by atoms with E-state index in [4.69, 9.17) is 0 Å². The molecule has 6 heteroatoms. The topological polar surface area (TPSA) is 50.7 Å². The van der Waals surface area contributed by atoms with E-state index in [1.807, 2.05) is 42.6 Å². The number of nitrogens with zero attached hydrogens (tertiary/aromatic N) is 3. The zero-order valence-corrected chi connectivity index (χ0v) is 13.6. The van der Waals surface area contributed by atoms with Crippen molar-refractivity contribution in [3.63, 3.8) is 0 Å². The molecular weight excluding hydrogens is 311 g/mol. The molecule has 0 fully saturated rings. The molecule has 0 bridgehead atoms. The predicted octanol–water partition coefficient (Wildman–Crippen LogP) is 3.96. The molecule has 0 saturated heterocycles. The molecule has 4 nitrogen and oxygen atoms in total. The fourth-order valence-corrected chi connectivity index (χ4v) is 3.08. The molecule has 3 rings (SSSR count). The van der Waals surface area contributed by atoms with Gasteiger partial charge in [-0.2, -0.15) is 0 Å². The highest BCUT2D eigenvalue weighted by Gasteiger charge is 2.09. The van der Waals surface area contributed by atoms with Crippen LogP contribution >= 0.6 is 11.3 Å². The molecule has 0 aliphatic rings. The van der Waals surface area contributed by atoms with Gasteiger partial charge in [0, 0.05) is 23.9 Å². The molecule has 1 aromatic carbocycles. The number of hydrogen-bond acceptors (Lipinski definition) is 5. The van der Waals surface area contributed by atoms with Gasteiger partial charge in [0.25, 0.3) is 0 Å². The zero-order valence-electron chi connectivity index (χ0n) is 12.8. The van der Waals surface area contributed by atoms with Crippen molar-refractivity contribution in [1.82, 2.24) is 15.0 Å². The lowest BCUT2D eigenvalue weighted by Crippen LogP contribution is -2.10. The first-order chi connectivity index (χ1) is 11.3. The standard InChI is InChI=1S/C17H17FN4S/c1-2-14-15(18)16(21-11-20-14)19-9-8-13-10-23-17(22-13)12-6-4-3-5-7-12/h3-7,10-11H,2,8-9H2,1H3,(H,19,20,21). The first-order valence-corrected chi connectivity index (χ1v) is 8.39. The van der Waals surface area contributed by atoms with Gasteiger partial charge in [-0.1, -0.05) is 37.3 Å². The van der Waals surface area contributed by atoms with E-state index in [1.165, 1.54) is 6.33 Å². The fourth-order valence-electron chi connectivity index (χ4n) is 2.22. The Bertz CT molecular complexity index is 773. The molecular formula is C17H17FN4S. The summed E-state index contributed by atoms with van der Waals surface area (Å²) in [5.74, 6) is -0.103. The van der Waals surface area contributed by atoms with E-state index in [1.54, 1.807) is 11.3 Å². The summed E-state index contributed by atoms with van der Waals surface area (Å²) < 4.78 is 14.0. The molecule has 2 aromatic heterocycles. The SMILES string of the molecule is CCc1ncnc(NCCc2csc(-c3ccccc3)n2)c1F. The molecule has 0 saturated carbocycles. The number of halogens is 1. The summed E-state index contributed by atoms with van der Waals surface area (Å²) in [4.78, 5) is 12.5. The van der Waals surface area contributed by atoms with Gasteiger partial charge in [-0.3, -0.25) is 0 Å². The van der Waals surface area contributed by atoms with Crippen LogP contribution < -0.4 is 5.32 Å². The van der Waals surface area contributed by atoms with Crippen molar-refractivity contribution in [2.24, 2.45) is 0 Å². The summed E-state index contributed by atoms with van der Waals surface area (Å²) in [6.07, 6.45) is 2.66. The number of hydrogen-bond donors (Lipinski definition) is 1. The number of thiazole rings is 1. The Morgan fingerprint density at radius 2 is 2.00 bits per heavy atom. The fraction of sp³-hybridized carbons (Fsp3) is 0.235. The van der Waals surface area contributed by atoms with Crippen molar-refractivity contribution in [3.05, 3.63) is 59.2 Å². The van der Waals surface area contributed by atoms with E-state index in [9.17, 15) is 4.39 Å². The lowest BCUT2D eigenvalue weighted by atomic mass is 10.2. The van der Waals surface area contributed by atoms with Crippen LogP contribution in [-0.2, 0) is 12.8 Å². The molecule has 0 atom stereocenters. The largest absolute Gasteiger partial charge is 0.367 e. The van der Waals surface area contributed by atoms with E-state index in [0.717, 1.165) is 16.3 Å². The van der Waals surface area contributed by atoms with E-state index >= 15 is 0 Å². The Hall–Kier alpha value is -2.34. The zero-order chi connectivity index (χ0) is 16.1. The first-order valence-electron chi connectivity index (χ1n) is 7.51. The van der Waals surface area contributed by atoms with Gasteiger partial charge in [0.1, 0.15) is 11.3 Å². The Balaban J connectivity index is 1.61. The molecule has 118 valence electrons. The molecule has 0 spiro atoms. The summed E-state index contributed by atoms with van der Waals surface area (Å²) >= 11 is 1.62. The molecule has 0 radical (unpaired) electrons. The van der Waals surface area contributed by atoms with E-state index in [2.05, 4.69) is 20.3 Å². The van der Waals surface area contributed by atoms with Gasteiger partial charge in [0.2, 0.25) is 0 Å². The molecule has 23 heavy (non-hydrogen) atoms. The number of rotatable bonds is 6. The maximum Gasteiger partial charge on any atom is 0.186 e. The highest BCUT2D eigenvalue weighted by Crippen LogP contribution is 2.23. The number of anilines is 1. The van der Waals surface area contributed by atoms with Crippen molar-refractivity contribution >= 4 is 17.2 Å². The lowest BCUT2D eigenvalue weighted by Gasteiger charge is -2.07. The average Bonchev–Trinajstić information content (AvgIpc) is 3.06. The lowest BCUT2D eigenvalue weighted by molar-refractivity contribution is 0.596. The van der Waals surface area contributed by atoms with Gasteiger partial charge >= 0.3 is 0 Å². The second kappa shape index (κ2) is 7.28. The van der Waals surface area contributed by atoms with Crippen molar-refractivity contribution in [3.8, 4) is 10.6 Å². The van der Waals surface area contributed by atoms with Gasteiger partial charge in [0.15, 0.2) is 11.6 Å². The molecule has 0 aliphatic heterocycles. The van der Waals surface area contributed by atoms with E-state index in [0.29, 0.717) is 25.1 Å². The second-order valence-corrected chi connectivity index (χ2v) is 5.88. The minimum absolute atomic E-state index is 0.260. The third-order valence-electron chi connectivity index (χ3n) is 3.44. The van der Waals surface area contributed by atoms with Crippen molar-refractivity contribution in [2.75, 3.05) is 11.9 Å². The van der Waals surface area contributed by atoms with Crippen molar-refractivity contribution in [1.29, 1.82) is 0 Å². The number of nitrogens with one attached hydrogen (secondary N) is 1. The van der Waals surface area contributed by atoms with E-state index < -0.39 is 0 Å². The maximum atomic E-state index is 14.0. The number of aryl methyl sites for hydroxylation is 1. The van der Waals surface area contributed by atoms with Crippen LogP contribution in [0.4, 0.5) is 10.2 Å². The molecule has 3 aromatic rings. The average molecular weight is 328 g/mol. The summed E-state index contributed by atoms with van der Waals surface area (Å²) in [5.41, 5.74) is 2.54. The summed E-state index contributed by atoms with van der Waals surface area (Å²) in [6.45, 7) is 2.45. The van der Waals surface area contributed by atoms with Gasteiger partial charge in [0.05, 0.1) is 11.4 Å². The van der Waals surface area contributed by atoms with Crippen molar-refractivity contribution < 1.29 is 4.39 Å². The Morgan fingerprint density at radius 3 is 2.78 bits per heavy atom. The summed E-state index contributed by atoms with van der Waals surface area (Å²) in [5, 5.41) is 6.07. The molecule has 1 N–H and O–H groups in total. The van der Waals surface area contributed by atoms with Crippen LogP contribution in [0.3, 0.4) is 0 Å². The summed E-state index contributed by atoms with van der Waals surface area (Å²) in [7, 11) is 0. The molecule has 0 aliphatic carbocycles. The van der Waals surface area contributed by atoms with Gasteiger partial charge in [-0.25, -0.2) is 19.3 Å². The monoisotopic (exact) mass is 328 g/mol. The third-order valence-corrected chi connectivity index (χ3v) is 4.38. The van der Waals surface area contributed by atoms with Crippen LogP contribution in [0, 0.1) is 5.82 Å². The predicted molar refractivity (Wildman–Crippen MR) is 91.1 cm³/mol. The van der Waals surface area contributed by atoms with Crippen LogP contribution in [0.15, 0.2) is 42.0 Å².